The highest BCUT2D eigenvalue weighted by atomic mass is 35.5. The lowest BCUT2D eigenvalue weighted by Gasteiger charge is -2.42. The number of hydrogen-bond acceptors (Lipinski definition) is 7. The molecule has 2 aliphatic rings. The first kappa shape index (κ1) is 32.2. The van der Waals surface area contributed by atoms with Crippen LogP contribution in [0, 0.1) is 35.2 Å². The van der Waals surface area contributed by atoms with Crippen molar-refractivity contribution in [3.05, 3.63) is 58.4 Å². The van der Waals surface area contributed by atoms with E-state index in [1.165, 1.54) is 19.1 Å². The van der Waals surface area contributed by atoms with Gasteiger partial charge in [0.2, 0.25) is 5.91 Å². The molecule has 0 aliphatic heterocycles. The van der Waals surface area contributed by atoms with Crippen molar-refractivity contribution < 1.29 is 46.5 Å². The predicted octanol–water partition coefficient (Wildman–Crippen LogP) is 3.20. The monoisotopic (exact) mass is 632 g/mol. The third kappa shape index (κ3) is 6.30. The lowest BCUT2D eigenvalue weighted by Crippen LogP contribution is -2.52. The van der Waals surface area contributed by atoms with E-state index in [0.29, 0.717) is 18.6 Å². The quantitative estimate of drug-likeness (QED) is 0.266. The van der Waals surface area contributed by atoms with Crippen LogP contribution >= 0.6 is 11.6 Å². The van der Waals surface area contributed by atoms with E-state index in [9.17, 15) is 46.5 Å². The molecule has 2 fully saturated rings. The molecule has 2 bridgehead atoms. The molecule has 4 rings (SSSR count). The maximum atomic E-state index is 13.8. The summed E-state index contributed by atoms with van der Waals surface area (Å²) in [7, 11) is -4.15. The van der Waals surface area contributed by atoms with Crippen LogP contribution in [0.5, 0.6) is 0 Å². The van der Waals surface area contributed by atoms with Crippen LogP contribution < -0.4 is 10.6 Å². The maximum absolute atomic E-state index is 13.8. The third-order valence-electron chi connectivity index (χ3n) is 8.45. The molecule has 2 aromatic carbocycles. The summed E-state index contributed by atoms with van der Waals surface area (Å²) in [6.45, 7) is 3.04. The minimum absolute atomic E-state index is 0.0287. The number of fused-ring (bicyclic) bond motifs is 2. The number of carbonyl (C=O) groups is 2. The SMILES string of the molecule is CC(O)C(O)CNC(=O)C[C@@]1(O)C2C[C@@H](S(=O)(=O)c3cc(C(=O)Nc4cc(F)c(F)c(F)c4)ccc3Cl)CC1[C@@H](C)C2. The van der Waals surface area contributed by atoms with Crippen molar-refractivity contribution in [3.8, 4) is 0 Å². The van der Waals surface area contributed by atoms with Gasteiger partial charge in [0, 0.05) is 29.9 Å². The number of benzene rings is 2. The number of aliphatic hydroxyl groups excluding tert-OH is 2. The Bertz CT molecular complexity index is 1470. The van der Waals surface area contributed by atoms with Crippen molar-refractivity contribution in [2.24, 2.45) is 17.8 Å². The molecular weight excluding hydrogens is 601 g/mol. The number of anilines is 1. The second kappa shape index (κ2) is 12.1. The normalized spacial score (nSPS) is 26.9. The molecule has 9 nitrogen and oxygen atoms in total. The number of carbonyl (C=O) groups excluding carboxylic acids is 2. The summed E-state index contributed by atoms with van der Waals surface area (Å²) in [4.78, 5) is 25.0. The van der Waals surface area contributed by atoms with Crippen LogP contribution in [-0.2, 0) is 14.6 Å². The second-order valence-corrected chi connectivity index (χ2v) is 13.9. The molecule has 0 spiro atoms. The van der Waals surface area contributed by atoms with Crippen molar-refractivity contribution in [2.45, 2.75) is 67.5 Å². The van der Waals surface area contributed by atoms with E-state index in [2.05, 4.69) is 10.6 Å². The van der Waals surface area contributed by atoms with Gasteiger partial charge >= 0.3 is 0 Å². The average molecular weight is 633 g/mol. The van der Waals surface area contributed by atoms with Crippen molar-refractivity contribution >= 4 is 38.9 Å². The van der Waals surface area contributed by atoms with Gasteiger partial charge < -0.3 is 26.0 Å². The molecular formula is C28H32ClF3N2O7S. The number of nitrogens with one attached hydrogen (secondary N) is 2. The summed E-state index contributed by atoms with van der Waals surface area (Å²) >= 11 is 6.26. The van der Waals surface area contributed by atoms with Gasteiger partial charge in [-0.1, -0.05) is 18.5 Å². The van der Waals surface area contributed by atoms with E-state index in [4.69, 9.17) is 11.6 Å². The molecule has 0 saturated heterocycles. The zero-order chi connectivity index (χ0) is 31.1. The predicted molar refractivity (Wildman–Crippen MR) is 147 cm³/mol. The fourth-order valence-electron chi connectivity index (χ4n) is 6.16. The molecule has 0 heterocycles. The first-order valence-electron chi connectivity index (χ1n) is 13.4. The van der Waals surface area contributed by atoms with Crippen molar-refractivity contribution in [2.75, 3.05) is 11.9 Å². The number of halogens is 4. The molecule has 5 N–H and O–H groups in total. The van der Waals surface area contributed by atoms with E-state index >= 15 is 0 Å². The fraction of sp³-hybridized carbons (Fsp3) is 0.500. The van der Waals surface area contributed by atoms with E-state index in [1.807, 2.05) is 6.92 Å². The van der Waals surface area contributed by atoms with Crippen molar-refractivity contribution in [1.29, 1.82) is 0 Å². The van der Waals surface area contributed by atoms with Crippen LogP contribution in [0.2, 0.25) is 5.02 Å². The molecule has 2 saturated carbocycles. The van der Waals surface area contributed by atoms with Crippen LogP contribution in [0.25, 0.3) is 0 Å². The zero-order valence-electron chi connectivity index (χ0n) is 22.8. The van der Waals surface area contributed by atoms with Gasteiger partial charge in [-0.15, -0.1) is 0 Å². The highest BCUT2D eigenvalue weighted by Crippen LogP contribution is 2.56. The molecule has 2 aromatic rings. The smallest absolute Gasteiger partial charge is 0.255 e. The topological polar surface area (TPSA) is 153 Å². The second-order valence-electron chi connectivity index (χ2n) is 11.3. The van der Waals surface area contributed by atoms with Gasteiger partial charge in [-0.3, -0.25) is 9.59 Å². The Hall–Kier alpha value is -2.71. The van der Waals surface area contributed by atoms with Gasteiger partial charge in [-0.2, -0.15) is 0 Å². The summed E-state index contributed by atoms with van der Waals surface area (Å²) in [5.41, 5.74) is -2.03. The van der Waals surface area contributed by atoms with Gasteiger partial charge in [0.15, 0.2) is 27.3 Å². The Balaban J connectivity index is 1.52. The van der Waals surface area contributed by atoms with Crippen molar-refractivity contribution in [3.63, 3.8) is 0 Å². The fourth-order valence-corrected chi connectivity index (χ4v) is 8.53. The summed E-state index contributed by atoms with van der Waals surface area (Å²) in [6.07, 6.45) is -1.99. The standard InChI is InChI=1S/C28H32ClF3N2O7S/c1-13-5-16-7-18(10-19(13)28(16,39)11-25(37)33-12-23(36)14(2)35)42(40,41)24-6-15(3-4-20(24)29)27(38)34-17-8-21(30)26(32)22(31)9-17/h3-4,6,8-9,13-14,16,18-19,23,35-36,39H,5,7,10-12H2,1-2H3,(H,33,37)(H,34,38)/t13-,14?,16?,18+,19?,23?,28+/m0/s1. The van der Waals surface area contributed by atoms with Crippen LogP contribution in [0.1, 0.15) is 49.9 Å². The van der Waals surface area contributed by atoms with E-state index in [0.717, 1.165) is 6.07 Å². The Labute approximate surface area is 246 Å². The molecule has 4 unspecified atom stereocenters. The third-order valence-corrected chi connectivity index (χ3v) is 11.1. The summed E-state index contributed by atoms with van der Waals surface area (Å²) in [6, 6.07) is 4.65. The summed E-state index contributed by atoms with van der Waals surface area (Å²) in [5.74, 6) is -7.35. The first-order chi connectivity index (χ1) is 19.5. The largest absolute Gasteiger partial charge is 0.391 e. The van der Waals surface area contributed by atoms with Crippen LogP contribution in [0.3, 0.4) is 0 Å². The lowest BCUT2D eigenvalue weighted by atomic mass is 9.71. The van der Waals surface area contributed by atoms with Gasteiger partial charge in [-0.25, -0.2) is 21.6 Å². The van der Waals surface area contributed by atoms with Crippen molar-refractivity contribution in [1.82, 2.24) is 5.32 Å². The highest BCUT2D eigenvalue weighted by molar-refractivity contribution is 7.92. The van der Waals surface area contributed by atoms with E-state index in [1.54, 1.807) is 0 Å². The van der Waals surface area contributed by atoms with Gasteiger partial charge in [0.1, 0.15) is 0 Å². The Morgan fingerprint density at radius 3 is 2.33 bits per heavy atom. The highest BCUT2D eigenvalue weighted by Gasteiger charge is 2.59. The zero-order valence-corrected chi connectivity index (χ0v) is 24.4. The molecule has 230 valence electrons. The van der Waals surface area contributed by atoms with Crippen LogP contribution in [-0.4, -0.2) is 65.2 Å². The lowest BCUT2D eigenvalue weighted by molar-refractivity contribution is -0.134. The van der Waals surface area contributed by atoms with Gasteiger partial charge in [0.05, 0.1) is 39.4 Å². The Morgan fingerprint density at radius 1 is 1.10 bits per heavy atom. The maximum Gasteiger partial charge on any atom is 0.255 e. The number of hydrogen-bond donors (Lipinski definition) is 5. The molecule has 42 heavy (non-hydrogen) atoms. The number of rotatable bonds is 9. The molecule has 0 radical (unpaired) electrons. The molecule has 2 aliphatic carbocycles. The summed E-state index contributed by atoms with van der Waals surface area (Å²) in [5, 5.41) is 34.3. The average Bonchev–Trinajstić information content (AvgIpc) is 3.02. The molecule has 7 atom stereocenters. The molecule has 14 heteroatoms. The number of amides is 2. The molecule has 2 amide bonds. The number of aliphatic hydroxyl groups is 3. The number of sulfone groups is 1. The van der Waals surface area contributed by atoms with Gasteiger partial charge in [-0.05, 0) is 62.1 Å². The minimum Gasteiger partial charge on any atom is -0.391 e. The Kier molecular flexibility index (Phi) is 9.29. The van der Waals surface area contributed by atoms with Crippen LogP contribution in [0.15, 0.2) is 35.2 Å². The van der Waals surface area contributed by atoms with E-state index < -0.39 is 74.0 Å². The van der Waals surface area contributed by atoms with Gasteiger partial charge in [0.25, 0.3) is 5.91 Å². The first-order valence-corrected chi connectivity index (χ1v) is 15.3. The van der Waals surface area contributed by atoms with Crippen LogP contribution in [0.4, 0.5) is 18.9 Å². The minimum atomic E-state index is -4.15. The Morgan fingerprint density at radius 2 is 1.74 bits per heavy atom. The summed E-state index contributed by atoms with van der Waals surface area (Å²) < 4.78 is 68.0. The van der Waals surface area contributed by atoms with E-state index in [-0.39, 0.29) is 52.9 Å². The molecule has 0 aromatic heterocycles.